The summed E-state index contributed by atoms with van der Waals surface area (Å²) in [5, 5.41) is 3.19. The van der Waals surface area contributed by atoms with Gasteiger partial charge < -0.3 is 10.2 Å². The maximum Gasteiger partial charge on any atom is 0.248 e. The van der Waals surface area contributed by atoms with Crippen LogP contribution in [-0.4, -0.2) is 19.5 Å². The van der Waals surface area contributed by atoms with E-state index in [0.29, 0.717) is 0 Å². The standard InChI is InChI=1S/C11H14N2O/c1-3-12-10-8-6-4-5-7-9(8)13(2)11(10)14/h4-7,10,12H,3H2,1-2H3/t10-/m1/s1. The summed E-state index contributed by atoms with van der Waals surface area (Å²) in [5.41, 5.74) is 2.10. The number of anilines is 1. The second-order valence-corrected chi connectivity index (χ2v) is 3.45. The molecule has 0 unspecified atom stereocenters. The first-order valence-electron chi connectivity index (χ1n) is 4.85. The SMILES string of the molecule is CCN[C@H]1C(=O)N(C)c2ccccc21. The van der Waals surface area contributed by atoms with Gasteiger partial charge in [-0.25, -0.2) is 0 Å². The summed E-state index contributed by atoms with van der Waals surface area (Å²) in [6.45, 7) is 2.81. The molecule has 14 heavy (non-hydrogen) atoms. The van der Waals surface area contributed by atoms with Crippen LogP contribution in [0.1, 0.15) is 18.5 Å². The fourth-order valence-electron chi connectivity index (χ4n) is 1.88. The first-order valence-corrected chi connectivity index (χ1v) is 4.85. The molecule has 1 aromatic rings. The van der Waals surface area contributed by atoms with Gasteiger partial charge in [0.1, 0.15) is 6.04 Å². The van der Waals surface area contributed by atoms with Crippen LogP contribution in [0, 0.1) is 0 Å². The molecule has 0 bridgehead atoms. The number of amides is 1. The van der Waals surface area contributed by atoms with Gasteiger partial charge in [-0.3, -0.25) is 4.79 Å². The number of nitrogens with zero attached hydrogens (tertiary/aromatic N) is 1. The van der Waals surface area contributed by atoms with Gasteiger partial charge in [-0.2, -0.15) is 0 Å². The van der Waals surface area contributed by atoms with Crippen LogP contribution >= 0.6 is 0 Å². The van der Waals surface area contributed by atoms with Crippen LogP contribution in [0.15, 0.2) is 24.3 Å². The Kier molecular flexibility index (Phi) is 2.25. The van der Waals surface area contributed by atoms with Gasteiger partial charge in [0.05, 0.1) is 0 Å². The van der Waals surface area contributed by atoms with Crippen molar-refractivity contribution in [3.8, 4) is 0 Å². The quantitative estimate of drug-likeness (QED) is 0.762. The number of benzene rings is 1. The number of nitrogens with one attached hydrogen (secondary N) is 1. The van der Waals surface area contributed by atoms with Crippen LogP contribution in [0.2, 0.25) is 0 Å². The highest BCUT2D eigenvalue weighted by Crippen LogP contribution is 2.33. The molecule has 1 aliphatic heterocycles. The van der Waals surface area contributed by atoms with Crippen LogP contribution in [0.3, 0.4) is 0 Å². The lowest BCUT2D eigenvalue weighted by Gasteiger charge is -2.11. The van der Waals surface area contributed by atoms with E-state index in [1.807, 2.05) is 38.2 Å². The Hall–Kier alpha value is -1.35. The molecular formula is C11H14N2O. The molecule has 1 heterocycles. The zero-order chi connectivity index (χ0) is 10.1. The number of likely N-dealkylation sites (N-methyl/N-ethyl adjacent to an activating group) is 2. The first-order chi connectivity index (χ1) is 6.75. The highest BCUT2D eigenvalue weighted by Gasteiger charge is 2.33. The summed E-state index contributed by atoms with van der Waals surface area (Å²) < 4.78 is 0. The van der Waals surface area contributed by atoms with Crippen molar-refractivity contribution in [2.75, 3.05) is 18.5 Å². The largest absolute Gasteiger partial charge is 0.313 e. The van der Waals surface area contributed by atoms with Gasteiger partial charge in [0.25, 0.3) is 0 Å². The van der Waals surface area contributed by atoms with Gasteiger partial charge in [-0.05, 0) is 12.6 Å². The number of para-hydroxylation sites is 1. The van der Waals surface area contributed by atoms with E-state index in [1.54, 1.807) is 4.90 Å². The molecule has 0 spiro atoms. The molecule has 0 radical (unpaired) electrons. The third-order valence-electron chi connectivity index (χ3n) is 2.59. The number of hydrogen-bond donors (Lipinski definition) is 1. The molecule has 0 fully saturated rings. The normalized spacial score (nSPS) is 20.0. The molecule has 0 aromatic heterocycles. The van der Waals surface area contributed by atoms with Crippen molar-refractivity contribution >= 4 is 11.6 Å². The van der Waals surface area contributed by atoms with Crippen LogP contribution in [0.4, 0.5) is 5.69 Å². The third-order valence-corrected chi connectivity index (χ3v) is 2.59. The van der Waals surface area contributed by atoms with E-state index < -0.39 is 0 Å². The van der Waals surface area contributed by atoms with Crippen molar-refractivity contribution in [3.63, 3.8) is 0 Å². The Labute approximate surface area is 83.7 Å². The van der Waals surface area contributed by atoms with E-state index in [2.05, 4.69) is 5.32 Å². The number of fused-ring (bicyclic) bond motifs is 1. The Balaban J connectivity index is 2.42. The summed E-state index contributed by atoms with van der Waals surface area (Å²) in [5.74, 6) is 0.132. The van der Waals surface area contributed by atoms with Crippen LogP contribution in [-0.2, 0) is 4.79 Å². The monoisotopic (exact) mass is 190 g/mol. The number of carbonyl (C=O) groups is 1. The molecule has 1 atom stereocenters. The van der Waals surface area contributed by atoms with E-state index in [9.17, 15) is 4.79 Å². The summed E-state index contributed by atoms with van der Waals surface area (Å²) >= 11 is 0. The third kappa shape index (κ3) is 1.21. The minimum atomic E-state index is -0.152. The summed E-state index contributed by atoms with van der Waals surface area (Å²) in [7, 11) is 1.82. The average Bonchev–Trinajstić information content (AvgIpc) is 2.45. The molecule has 3 nitrogen and oxygen atoms in total. The summed E-state index contributed by atoms with van der Waals surface area (Å²) in [6.07, 6.45) is 0. The molecule has 1 aromatic carbocycles. The van der Waals surface area contributed by atoms with Gasteiger partial charge in [-0.1, -0.05) is 25.1 Å². The second kappa shape index (κ2) is 3.42. The Bertz CT molecular complexity index is 362. The lowest BCUT2D eigenvalue weighted by Crippen LogP contribution is -2.32. The number of hydrogen-bond acceptors (Lipinski definition) is 2. The van der Waals surface area contributed by atoms with Gasteiger partial charge in [0.15, 0.2) is 0 Å². The molecule has 3 heteroatoms. The summed E-state index contributed by atoms with van der Waals surface area (Å²) in [4.78, 5) is 13.5. The fourth-order valence-corrected chi connectivity index (χ4v) is 1.88. The lowest BCUT2D eigenvalue weighted by atomic mass is 10.1. The minimum absolute atomic E-state index is 0.132. The highest BCUT2D eigenvalue weighted by molar-refractivity contribution is 6.04. The van der Waals surface area contributed by atoms with Crippen LogP contribution < -0.4 is 10.2 Å². The zero-order valence-corrected chi connectivity index (χ0v) is 8.45. The molecule has 0 saturated heterocycles. The van der Waals surface area contributed by atoms with Crippen molar-refractivity contribution in [1.82, 2.24) is 5.32 Å². The summed E-state index contributed by atoms with van der Waals surface area (Å²) in [6, 6.07) is 7.75. The van der Waals surface area contributed by atoms with Crippen LogP contribution in [0.5, 0.6) is 0 Å². The van der Waals surface area contributed by atoms with Gasteiger partial charge in [0, 0.05) is 18.3 Å². The molecule has 0 aliphatic carbocycles. The predicted molar refractivity (Wildman–Crippen MR) is 56.3 cm³/mol. The second-order valence-electron chi connectivity index (χ2n) is 3.45. The Morgan fingerprint density at radius 1 is 1.43 bits per heavy atom. The Morgan fingerprint density at radius 3 is 2.86 bits per heavy atom. The molecule has 2 rings (SSSR count). The van der Waals surface area contributed by atoms with Crippen molar-refractivity contribution in [3.05, 3.63) is 29.8 Å². The van der Waals surface area contributed by atoms with Crippen molar-refractivity contribution in [2.24, 2.45) is 0 Å². The molecule has 1 N–H and O–H groups in total. The minimum Gasteiger partial charge on any atom is -0.313 e. The molecule has 1 amide bonds. The maximum atomic E-state index is 11.8. The zero-order valence-electron chi connectivity index (χ0n) is 8.45. The van der Waals surface area contributed by atoms with Crippen molar-refractivity contribution in [1.29, 1.82) is 0 Å². The van der Waals surface area contributed by atoms with E-state index in [0.717, 1.165) is 17.8 Å². The van der Waals surface area contributed by atoms with E-state index in [1.165, 1.54) is 0 Å². The highest BCUT2D eigenvalue weighted by atomic mass is 16.2. The van der Waals surface area contributed by atoms with Gasteiger partial charge in [0.2, 0.25) is 5.91 Å². The van der Waals surface area contributed by atoms with Gasteiger partial charge >= 0.3 is 0 Å². The van der Waals surface area contributed by atoms with Gasteiger partial charge in [-0.15, -0.1) is 0 Å². The molecule has 1 aliphatic rings. The number of carbonyl (C=O) groups excluding carboxylic acids is 1. The number of rotatable bonds is 2. The lowest BCUT2D eigenvalue weighted by molar-refractivity contribution is -0.119. The molecule has 74 valence electrons. The molecule has 0 saturated carbocycles. The topological polar surface area (TPSA) is 32.3 Å². The average molecular weight is 190 g/mol. The Morgan fingerprint density at radius 2 is 2.14 bits per heavy atom. The fraction of sp³-hybridized carbons (Fsp3) is 0.364. The molecular weight excluding hydrogens is 176 g/mol. The van der Waals surface area contributed by atoms with E-state index in [4.69, 9.17) is 0 Å². The van der Waals surface area contributed by atoms with Crippen molar-refractivity contribution in [2.45, 2.75) is 13.0 Å². The van der Waals surface area contributed by atoms with Crippen LogP contribution in [0.25, 0.3) is 0 Å². The van der Waals surface area contributed by atoms with E-state index in [-0.39, 0.29) is 11.9 Å². The van der Waals surface area contributed by atoms with Crippen molar-refractivity contribution < 1.29 is 4.79 Å². The maximum absolute atomic E-state index is 11.8. The smallest absolute Gasteiger partial charge is 0.248 e. The first kappa shape index (κ1) is 9.21. The van der Waals surface area contributed by atoms with E-state index >= 15 is 0 Å². The predicted octanol–water partition coefficient (Wildman–Crippen LogP) is 1.31.